The van der Waals surface area contributed by atoms with Gasteiger partial charge in [-0.15, -0.1) is 46.2 Å². The van der Waals surface area contributed by atoms with Gasteiger partial charge in [-0.1, -0.05) is 76.9 Å². The summed E-state index contributed by atoms with van der Waals surface area (Å²) in [4.78, 5) is 0. The predicted octanol–water partition coefficient (Wildman–Crippen LogP) is 4.42. The van der Waals surface area contributed by atoms with Crippen molar-refractivity contribution in [2.75, 3.05) is 0 Å². The van der Waals surface area contributed by atoms with Gasteiger partial charge >= 0.3 is 79.8 Å². The van der Waals surface area contributed by atoms with E-state index in [1.807, 2.05) is 12.2 Å². The molecule has 0 N–H and O–H groups in total. The van der Waals surface area contributed by atoms with Gasteiger partial charge in [-0.3, -0.25) is 6.08 Å². The minimum Gasteiger partial charge on any atom is -1.00 e. The molecule has 0 aromatic heterocycles. The Hall–Kier alpha value is -0.877. The Morgan fingerprint density at radius 3 is 1.47 bits per heavy atom. The van der Waals surface area contributed by atoms with Gasteiger partial charge in [-0.05, 0) is 10.8 Å². The zero-order valence-electron chi connectivity index (χ0n) is 25.3. The number of rotatable bonds is 4. The molecule has 0 atom stereocenters. The molecule has 4 rings (SSSR count). The Kier molecular flexibility index (Phi) is 16.0. The molecule has 0 saturated carbocycles. The quantitative estimate of drug-likeness (QED) is 0.375. The van der Waals surface area contributed by atoms with E-state index in [2.05, 4.69) is 124 Å². The van der Waals surface area contributed by atoms with Crippen molar-refractivity contribution >= 4 is 24.8 Å². The van der Waals surface area contributed by atoms with Crippen LogP contribution in [-0.2, 0) is 35.1 Å². The average molecular weight is 631 g/mol. The molecule has 0 amide bonds. The van der Waals surface area contributed by atoms with Crippen molar-refractivity contribution in [3.63, 3.8) is 0 Å². The normalized spacial score (nSPS) is 12.6. The molecule has 0 fully saturated rings. The first-order valence-electron chi connectivity index (χ1n) is 13.6. The van der Waals surface area contributed by atoms with E-state index in [0.717, 1.165) is 18.3 Å². The van der Waals surface area contributed by atoms with Crippen molar-refractivity contribution in [3.8, 4) is 0 Å². The first-order valence-corrected chi connectivity index (χ1v) is 14.8. The first kappa shape index (κ1) is 37.1. The minimum atomic E-state index is 0. The molecule has 0 radical (unpaired) electrons. The Bertz CT molecular complexity index is 1100. The van der Waals surface area contributed by atoms with E-state index in [1.54, 1.807) is 27.4 Å². The fraction of sp³-hybridized carbons (Fsp3) is 0.486. The van der Waals surface area contributed by atoms with Crippen LogP contribution in [-0.4, -0.2) is 3.21 Å². The smallest absolute Gasteiger partial charge is 0.109 e. The van der Waals surface area contributed by atoms with Crippen LogP contribution in [0.4, 0.5) is 0 Å². The summed E-state index contributed by atoms with van der Waals surface area (Å²) in [7, 11) is 0. The van der Waals surface area contributed by atoms with Crippen molar-refractivity contribution in [2.24, 2.45) is 11.8 Å². The third-order valence-electron chi connectivity index (χ3n) is 6.33. The van der Waals surface area contributed by atoms with E-state index in [-0.39, 0.29) is 35.6 Å². The molecule has 0 bridgehead atoms. The first-order chi connectivity index (χ1) is 16.7. The van der Waals surface area contributed by atoms with Gasteiger partial charge in [0.2, 0.25) is 0 Å². The van der Waals surface area contributed by atoms with E-state index in [9.17, 15) is 0 Å². The maximum absolute atomic E-state index is 2.99. The molecule has 0 nitrogen and oxygen atoms in total. The van der Waals surface area contributed by atoms with E-state index < -0.39 is 0 Å². The maximum atomic E-state index is 2.99. The van der Waals surface area contributed by atoms with E-state index in [1.165, 1.54) is 45.5 Å². The van der Waals surface area contributed by atoms with Crippen molar-refractivity contribution in [1.29, 1.82) is 0 Å². The van der Waals surface area contributed by atoms with Gasteiger partial charge in [-0.2, -0.15) is 6.08 Å². The van der Waals surface area contributed by atoms with Crippen LogP contribution in [0, 0.1) is 17.9 Å². The Labute approximate surface area is 261 Å². The zero-order chi connectivity index (χ0) is 27.1. The molecule has 1 aliphatic rings. The van der Waals surface area contributed by atoms with Crippen LogP contribution in [0.25, 0.3) is 21.5 Å². The second-order valence-electron chi connectivity index (χ2n) is 13.1. The van der Waals surface area contributed by atoms with Crippen molar-refractivity contribution in [3.05, 3.63) is 77.9 Å². The fourth-order valence-corrected chi connectivity index (χ4v) is 6.37. The molecular weight excluding hydrogens is 583 g/mol. The number of hydrogen-bond donors (Lipinski definition) is 0. The molecule has 208 valence electrons. The summed E-state index contributed by atoms with van der Waals surface area (Å²) in [6.07, 6.45) is 12.7. The van der Waals surface area contributed by atoms with Crippen LogP contribution in [0.1, 0.15) is 99.6 Å². The van der Waals surface area contributed by atoms with Gasteiger partial charge < -0.3 is 24.8 Å². The van der Waals surface area contributed by atoms with Crippen molar-refractivity contribution in [1.82, 2.24) is 0 Å². The van der Waals surface area contributed by atoms with Gasteiger partial charge in [-0.25, -0.2) is 12.2 Å². The van der Waals surface area contributed by atoms with Crippen molar-refractivity contribution in [2.45, 2.75) is 99.3 Å². The molecule has 0 heterocycles. The molecule has 0 aliphatic heterocycles. The summed E-state index contributed by atoms with van der Waals surface area (Å²) in [6, 6.07) is 16.2. The maximum Gasteiger partial charge on any atom is -0.109 e. The third-order valence-corrected chi connectivity index (χ3v) is 7.34. The topological polar surface area (TPSA) is 0 Å². The van der Waals surface area contributed by atoms with Crippen LogP contribution in [0.5, 0.6) is 0 Å². The van der Waals surface area contributed by atoms with Crippen LogP contribution < -0.4 is 24.8 Å². The molecule has 0 unspecified atom stereocenters. The van der Waals surface area contributed by atoms with Gasteiger partial charge in [0.15, 0.2) is 0 Å². The fourth-order valence-electron chi connectivity index (χ4n) is 4.36. The summed E-state index contributed by atoms with van der Waals surface area (Å²) in [5.41, 5.74) is 3.21. The van der Waals surface area contributed by atoms with Gasteiger partial charge in [0.1, 0.15) is 0 Å². The minimum absolute atomic E-state index is 0. The van der Waals surface area contributed by atoms with Crippen LogP contribution in [0.2, 0.25) is 0 Å². The summed E-state index contributed by atoms with van der Waals surface area (Å²) in [5.74, 6) is 1.71. The number of halogens is 2. The monoisotopic (exact) mass is 628 g/mol. The molecular formula is C35H48Cl2Zr-2. The van der Waals surface area contributed by atoms with Gasteiger partial charge in [0.25, 0.3) is 0 Å². The molecule has 3 aromatic carbocycles. The van der Waals surface area contributed by atoms with Crippen LogP contribution >= 0.6 is 0 Å². The molecule has 38 heavy (non-hydrogen) atoms. The number of allylic oxidation sites excluding steroid dienone is 4. The summed E-state index contributed by atoms with van der Waals surface area (Å²) in [5, 5.41) is 5.48. The van der Waals surface area contributed by atoms with E-state index in [0.29, 0.717) is 0 Å². The van der Waals surface area contributed by atoms with Crippen molar-refractivity contribution < 1.29 is 49.0 Å². The van der Waals surface area contributed by atoms with Gasteiger partial charge in [0, 0.05) is 0 Å². The van der Waals surface area contributed by atoms with E-state index in [4.69, 9.17) is 0 Å². The van der Waals surface area contributed by atoms with E-state index >= 15 is 0 Å². The summed E-state index contributed by atoms with van der Waals surface area (Å²) in [6.45, 7) is 22.8. The molecule has 0 spiro atoms. The molecule has 0 saturated heterocycles. The number of benzene rings is 2. The third kappa shape index (κ3) is 12.1. The zero-order valence-corrected chi connectivity index (χ0v) is 29.3. The predicted molar refractivity (Wildman–Crippen MR) is 160 cm³/mol. The second-order valence-corrected chi connectivity index (χ2v) is 14.8. The number of fused-ring (bicyclic) bond motifs is 3. The Morgan fingerprint density at radius 1 is 0.789 bits per heavy atom. The van der Waals surface area contributed by atoms with Crippen LogP contribution in [0.3, 0.4) is 0 Å². The van der Waals surface area contributed by atoms with Gasteiger partial charge in [0.05, 0.1) is 0 Å². The molecule has 1 aliphatic carbocycles. The molecule has 3 heteroatoms. The largest absolute Gasteiger partial charge is 1.00 e. The Balaban J connectivity index is 0.000000676. The SMILES string of the molecule is CC(C)(C)c1ccc2c(c1)[cH-]c1cc(C(C)(C)C)ccc12.CC(C)C[C](=[Zr+2])CC(C)C.[C-]1=CC=CC1.[Cl-].[Cl-]. The average Bonchev–Trinajstić information content (AvgIpc) is 3.42. The molecule has 3 aromatic rings. The van der Waals surface area contributed by atoms with Crippen LogP contribution in [0.15, 0.2) is 60.7 Å². The standard InChI is InChI=1S/C21H25.C9H18.C5H5.2ClH.Zr/c1-20(2,3)16-7-9-18-14(12-16)11-15-13-17(21(4,5)6)8-10-19(15)18;1-8(2)6-5-7-9(3)4;1-2-4-5-3-1;;;/h7-13H,1-6H3;8-9H,6-7H2,1-4H3;1-3H,4H2;2*1H;/q-1;;-1;;;+2/p-2. The Morgan fingerprint density at radius 2 is 1.21 bits per heavy atom. The second kappa shape index (κ2) is 16.4. The number of hydrogen-bond acceptors (Lipinski definition) is 0. The summed E-state index contributed by atoms with van der Waals surface area (Å²) >= 11 is 1.65. The summed E-state index contributed by atoms with van der Waals surface area (Å²) < 4.78 is 1.75.